The van der Waals surface area contributed by atoms with Gasteiger partial charge < -0.3 is 14.9 Å². The van der Waals surface area contributed by atoms with Crippen LogP contribution in [0, 0.1) is 18.8 Å². The Morgan fingerprint density at radius 3 is 2.60 bits per heavy atom. The van der Waals surface area contributed by atoms with Crippen molar-refractivity contribution < 1.29 is 19.7 Å². The van der Waals surface area contributed by atoms with Crippen molar-refractivity contribution in [3.05, 3.63) is 82.9 Å². The molecule has 2 aliphatic rings. The molecule has 4 heteroatoms. The van der Waals surface area contributed by atoms with Gasteiger partial charge in [0.05, 0.1) is 23.9 Å². The van der Waals surface area contributed by atoms with Gasteiger partial charge in [0, 0.05) is 12.3 Å². The van der Waals surface area contributed by atoms with E-state index in [9.17, 15) is 9.90 Å². The van der Waals surface area contributed by atoms with Crippen molar-refractivity contribution in [2.45, 2.75) is 57.3 Å². The normalized spacial score (nSPS) is 26.3. The molecule has 30 heavy (non-hydrogen) atoms. The van der Waals surface area contributed by atoms with Crippen LogP contribution < -0.4 is 0 Å². The number of rotatable bonds is 8. The summed E-state index contributed by atoms with van der Waals surface area (Å²) >= 11 is 0. The van der Waals surface area contributed by atoms with Crippen molar-refractivity contribution in [3.8, 4) is 0 Å². The van der Waals surface area contributed by atoms with Crippen molar-refractivity contribution in [3.63, 3.8) is 0 Å². The highest BCUT2D eigenvalue weighted by Gasteiger charge is 2.47. The van der Waals surface area contributed by atoms with E-state index in [1.807, 2.05) is 30.3 Å². The van der Waals surface area contributed by atoms with Crippen molar-refractivity contribution in [1.29, 1.82) is 0 Å². The van der Waals surface area contributed by atoms with Crippen molar-refractivity contribution >= 4 is 5.97 Å². The van der Waals surface area contributed by atoms with Gasteiger partial charge in [0.2, 0.25) is 0 Å². The zero-order valence-electron chi connectivity index (χ0n) is 17.4. The second-order valence-electron chi connectivity index (χ2n) is 8.66. The Morgan fingerprint density at radius 1 is 1.13 bits per heavy atom. The van der Waals surface area contributed by atoms with Crippen molar-refractivity contribution in [2.24, 2.45) is 11.8 Å². The standard InChI is InChI=1S/C26H30O4/c1-17-4-2-3-5-20(17)16-21(27)11-13-23-22(24-14-15-25(23)30-24)12-8-18-6-9-19(10-7-18)26(28)29/h2-7,9-11,13,21-25,27H,8,12,14-16H2,1H3,(H,28,29)/t21?,22-,23+,24-,25+/m1/s1. The maximum atomic E-state index is 11.0. The van der Waals surface area contributed by atoms with E-state index in [1.54, 1.807) is 12.1 Å². The zero-order chi connectivity index (χ0) is 21.1. The predicted octanol–water partition coefficient (Wildman–Crippen LogP) is 4.58. The van der Waals surface area contributed by atoms with Crippen LogP contribution in [0.3, 0.4) is 0 Å². The van der Waals surface area contributed by atoms with Crippen LogP contribution in [0.15, 0.2) is 60.7 Å². The zero-order valence-corrected chi connectivity index (χ0v) is 17.4. The highest BCUT2D eigenvalue weighted by atomic mass is 16.5. The Balaban J connectivity index is 1.37. The van der Waals surface area contributed by atoms with Crippen LogP contribution in [-0.4, -0.2) is 34.5 Å². The van der Waals surface area contributed by atoms with Gasteiger partial charge in [-0.15, -0.1) is 0 Å². The highest BCUT2D eigenvalue weighted by Crippen LogP contribution is 2.46. The number of carboxylic acid groups (broad SMARTS) is 1. The quantitative estimate of drug-likeness (QED) is 0.630. The number of aliphatic hydroxyl groups is 1. The molecule has 158 valence electrons. The molecule has 2 aliphatic heterocycles. The minimum atomic E-state index is -0.891. The summed E-state index contributed by atoms with van der Waals surface area (Å²) in [6, 6.07) is 15.4. The number of hydrogen-bond acceptors (Lipinski definition) is 3. The third kappa shape index (κ3) is 4.66. The molecular formula is C26H30O4. The number of aromatic carboxylic acids is 1. The molecule has 2 bridgehead atoms. The van der Waals surface area contributed by atoms with Crippen LogP contribution in [0.4, 0.5) is 0 Å². The number of fused-ring (bicyclic) bond motifs is 2. The van der Waals surface area contributed by atoms with Crippen LogP contribution in [0.5, 0.6) is 0 Å². The third-order valence-electron chi connectivity index (χ3n) is 6.70. The Morgan fingerprint density at radius 2 is 1.87 bits per heavy atom. The van der Waals surface area contributed by atoms with Gasteiger partial charge in [-0.05, 0) is 67.3 Å². The van der Waals surface area contributed by atoms with Crippen molar-refractivity contribution in [2.75, 3.05) is 0 Å². The lowest BCUT2D eigenvalue weighted by Crippen LogP contribution is -2.26. The van der Waals surface area contributed by atoms with Crippen molar-refractivity contribution in [1.82, 2.24) is 0 Å². The molecule has 4 nitrogen and oxygen atoms in total. The Bertz CT molecular complexity index is 902. The summed E-state index contributed by atoms with van der Waals surface area (Å²) in [4.78, 5) is 11.0. The van der Waals surface area contributed by atoms with Gasteiger partial charge in [-0.3, -0.25) is 0 Å². The third-order valence-corrected chi connectivity index (χ3v) is 6.70. The number of aliphatic hydroxyl groups excluding tert-OH is 1. The number of hydrogen-bond donors (Lipinski definition) is 2. The molecule has 0 aromatic heterocycles. The van der Waals surface area contributed by atoms with E-state index in [0.29, 0.717) is 29.9 Å². The molecule has 0 spiro atoms. The first kappa shape index (κ1) is 20.8. The van der Waals surface area contributed by atoms with Crippen LogP contribution in [-0.2, 0) is 17.6 Å². The second-order valence-corrected chi connectivity index (χ2v) is 8.66. The average molecular weight is 407 g/mol. The molecule has 2 aromatic carbocycles. The van der Waals surface area contributed by atoms with Gasteiger partial charge in [-0.2, -0.15) is 0 Å². The predicted molar refractivity (Wildman–Crippen MR) is 117 cm³/mol. The first-order chi connectivity index (χ1) is 14.5. The maximum absolute atomic E-state index is 11.0. The second kappa shape index (κ2) is 9.15. The summed E-state index contributed by atoms with van der Waals surface area (Å²) in [5.41, 5.74) is 3.87. The Hall–Kier alpha value is -2.43. The lowest BCUT2D eigenvalue weighted by molar-refractivity contribution is 0.0697. The SMILES string of the molecule is Cc1ccccc1CC(O)C=C[C@H]1[C@@H](CCc2ccc(C(=O)O)cc2)[C@H]2CC[C@@H]1O2. The summed E-state index contributed by atoms with van der Waals surface area (Å²) < 4.78 is 6.20. The summed E-state index contributed by atoms with van der Waals surface area (Å²) in [7, 11) is 0. The summed E-state index contributed by atoms with van der Waals surface area (Å²) in [6.07, 6.45) is 8.97. The van der Waals surface area contributed by atoms with Crippen LogP contribution in [0.1, 0.15) is 46.3 Å². The molecule has 5 atom stereocenters. The first-order valence-corrected chi connectivity index (χ1v) is 10.9. The minimum Gasteiger partial charge on any atom is -0.478 e. The van der Waals surface area contributed by atoms with E-state index in [1.165, 1.54) is 11.1 Å². The Kier molecular flexibility index (Phi) is 6.35. The number of carbonyl (C=O) groups is 1. The fourth-order valence-electron chi connectivity index (χ4n) is 4.99. The minimum absolute atomic E-state index is 0.260. The topological polar surface area (TPSA) is 66.8 Å². The van der Waals surface area contributed by atoms with Gasteiger partial charge in [-0.1, -0.05) is 48.6 Å². The molecule has 0 saturated carbocycles. The summed E-state index contributed by atoms with van der Waals surface area (Å²) in [5, 5.41) is 19.6. The van der Waals surface area contributed by atoms with Crippen LogP contribution in [0.25, 0.3) is 0 Å². The molecule has 4 rings (SSSR count). The van der Waals surface area contributed by atoms with E-state index < -0.39 is 12.1 Å². The molecule has 1 unspecified atom stereocenters. The lowest BCUT2D eigenvalue weighted by atomic mass is 9.76. The molecule has 2 fully saturated rings. The van der Waals surface area contributed by atoms with Gasteiger partial charge in [0.15, 0.2) is 0 Å². The monoisotopic (exact) mass is 406 g/mol. The fourth-order valence-corrected chi connectivity index (χ4v) is 4.99. The van der Waals surface area contributed by atoms with E-state index >= 15 is 0 Å². The molecule has 0 aliphatic carbocycles. The number of benzene rings is 2. The highest BCUT2D eigenvalue weighted by molar-refractivity contribution is 5.87. The largest absolute Gasteiger partial charge is 0.478 e. The number of carboxylic acids is 1. The maximum Gasteiger partial charge on any atom is 0.335 e. The molecule has 2 aromatic rings. The molecule has 0 amide bonds. The molecule has 2 N–H and O–H groups in total. The molecule has 2 heterocycles. The Labute approximate surface area is 178 Å². The average Bonchev–Trinajstić information content (AvgIpc) is 3.34. The smallest absolute Gasteiger partial charge is 0.335 e. The van der Waals surface area contributed by atoms with E-state index in [-0.39, 0.29) is 6.10 Å². The van der Waals surface area contributed by atoms with E-state index in [0.717, 1.165) is 31.2 Å². The first-order valence-electron chi connectivity index (χ1n) is 10.9. The number of aryl methyl sites for hydroxylation is 2. The number of ether oxygens (including phenoxy) is 1. The fraction of sp³-hybridized carbons (Fsp3) is 0.423. The molecule has 0 radical (unpaired) electrons. The van der Waals surface area contributed by atoms with Gasteiger partial charge >= 0.3 is 5.97 Å². The summed E-state index contributed by atoms with van der Waals surface area (Å²) in [5.74, 6) is -0.101. The van der Waals surface area contributed by atoms with Gasteiger partial charge in [0.1, 0.15) is 0 Å². The molecular weight excluding hydrogens is 376 g/mol. The summed E-state index contributed by atoms with van der Waals surface area (Å²) in [6.45, 7) is 2.08. The van der Waals surface area contributed by atoms with E-state index in [4.69, 9.17) is 9.84 Å². The van der Waals surface area contributed by atoms with Crippen LogP contribution >= 0.6 is 0 Å². The lowest BCUT2D eigenvalue weighted by Gasteiger charge is -2.26. The van der Waals surface area contributed by atoms with Gasteiger partial charge in [-0.25, -0.2) is 4.79 Å². The van der Waals surface area contributed by atoms with E-state index in [2.05, 4.69) is 25.1 Å². The van der Waals surface area contributed by atoms with Crippen LogP contribution in [0.2, 0.25) is 0 Å². The van der Waals surface area contributed by atoms with Gasteiger partial charge in [0.25, 0.3) is 0 Å². The molecule has 2 saturated heterocycles.